The molecule has 3 unspecified atom stereocenters. The van der Waals surface area contributed by atoms with Crippen LogP contribution in [0.3, 0.4) is 0 Å². The van der Waals surface area contributed by atoms with Crippen LogP contribution in [0.2, 0.25) is 0 Å². The van der Waals surface area contributed by atoms with Crippen LogP contribution >= 0.6 is 0 Å². The zero-order valence-corrected chi connectivity index (χ0v) is 26.7. The molecule has 1 aromatic carbocycles. The Balaban J connectivity index is 1.36. The van der Waals surface area contributed by atoms with Gasteiger partial charge in [-0.1, -0.05) is 95.6 Å². The van der Waals surface area contributed by atoms with Crippen molar-refractivity contribution in [1.82, 2.24) is 0 Å². The van der Waals surface area contributed by atoms with Gasteiger partial charge in [-0.25, -0.2) is 0 Å². The van der Waals surface area contributed by atoms with E-state index in [9.17, 15) is 9.70 Å². The van der Waals surface area contributed by atoms with E-state index in [2.05, 4.69) is 59.7 Å². The molecule has 0 aliphatic heterocycles. The first kappa shape index (κ1) is 29.1. The van der Waals surface area contributed by atoms with Crippen LogP contribution in [0.25, 0.3) is 0 Å². The summed E-state index contributed by atoms with van der Waals surface area (Å²) < 4.78 is 6.17. The summed E-state index contributed by atoms with van der Waals surface area (Å²) in [6.45, 7) is 17.5. The molecule has 5 aliphatic carbocycles. The number of hydrogen-bond donors (Lipinski definition) is 0. The van der Waals surface area contributed by atoms with Crippen molar-refractivity contribution in [2.45, 2.75) is 125 Å². The molecule has 8 atom stereocenters. The second-order valence-electron chi connectivity index (χ2n) is 16.9. The SMILES string of the molecule is CC1(C)CC[C@]2(C(=O)OCc3ccccc3)CC[C@]3(C)C(=CCC4[C@@]5(C)CCC(N=O)C(C)(C)C5CC[C@]43C)[C@@H]2C1. The van der Waals surface area contributed by atoms with Gasteiger partial charge in [0.2, 0.25) is 0 Å². The van der Waals surface area contributed by atoms with Crippen LogP contribution in [0, 0.1) is 55.2 Å². The van der Waals surface area contributed by atoms with Gasteiger partial charge in [0.25, 0.3) is 0 Å². The molecule has 0 aromatic heterocycles. The summed E-state index contributed by atoms with van der Waals surface area (Å²) in [6.07, 6.45) is 13.2. The Morgan fingerprint density at radius 1 is 0.878 bits per heavy atom. The molecule has 4 saturated carbocycles. The molecule has 1 aromatic rings. The fraction of sp³-hybridized carbons (Fsp3) is 0.757. The number of benzene rings is 1. The lowest BCUT2D eigenvalue weighted by Crippen LogP contribution is -2.65. The number of ether oxygens (including phenoxy) is 1. The molecular weight excluding hydrogens is 506 g/mol. The first-order chi connectivity index (χ1) is 19.2. The standard InChI is InChI=1S/C37H53NO3/c1-32(2)19-21-37(31(39)41-24-25-11-9-8-10-12-25)22-20-35(6)26(27(37)23-32)13-14-29-34(5)17-16-30(38-40)33(3,4)28(34)15-18-36(29,35)7/h8-13,27-30H,14-24H2,1-7H3/t27-,28?,29?,30?,34-,35+,36+,37-/m0/s1. The molecule has 0 spiro atoms. The number of nitrogens with zero attached hydrogens (tertiary/aromatic N) is 1. The summed E-state index contributed by atoms with van der Waals surface area (Å²) in [5.41, 5.74) is 2.86. The average molecular weight is 560 g/mol. The summed E-state index contributed by atoms with van der Waals surface area (Å²) in [6, 6.07) is 10.1. The van der Waals surface area contributed by atoms with E-state index >= 15 is 0 Å². The highest BCUT2D eigenvalue weighted by atomic mass is 16.5. The number of fused-ring (bicyclic) bond motifs is 7. The maximum absolute atomic E-state index is 14.2. The van der Waals surface area contributed by atoms with Gasteiger partial charge in [0.1, 0.15) is 6.61 Å². The molecule has 0 radical (unpaired) electrons. The monoisotopic (exact) mass is 559 g/mol. The zero-order valence-electron chi connectivity index (χ0n) is 26.7. The molecular formula is C37H53NO3. The Morgan fingerprint density at radius 2 is 1.59 bits per heavy atom. The number of hydrogen-bond acceptors (Lipinski definition) is 4. The predicted octanol–water partition coefficient (Wildman–Crippen LogP) is 9.67. The van der Waals surface area contributed by atoms with E-state index < -0.39 is 5.41 Å². The molecule has 4 fully saturated rings. The summed E-state index contributed by atoms with van der Waals surface area (Å²) >= 11 is 0. The number of nitroso groups, excluding NO2 is 1. The van der Waals surface area contributed by atoms with Gasteiger partial charge in [0, 0.05) is 0 Å². The summed E-state index contributed by atoms with van der Waals surface area (Å²) in [7, 11) is 0. The Morgan fingerprint density at radius 3 is 2.29 bits per heavy atom. The van der Waals surface area contributed by atoms with Gasteiger partial charge in [-0.15, -0.1) is 0 Å². The van der Waals surface area contributed by atoms with Crippen LogP contribution in [-0.2, 0) is 16.1 Å². The fourth-order valence-corrected chi connectivity index (χ4v) is 11.7. The highest BCUT2D eigenvalue weighted by molar-refractivity contribution is 5.79. The number of esters is 1. The molecule has 0 bridgehead atoms. The topological polar surface area (TPSA) is 55.7 Å². The number of carbonyl (C=O) groups excluding carboxylic acids is 1. The molecule has 41 heavy (non-hydrogen) atoms. The van der Waals surface area contributed by atoms with E-state index in [0.717, 1.165) is 56.9 Å². The quantitative estimate of drug-likeness (QED) is 0.210. The second-order valence-corrected chi connectivity index (χ2v) is 16.9. The van der Waals surface area contributed by atoms with E-state index in [4.69, 9.17) is 4.74 Å². The average Bonchev–Trinajstić information content (AvgIpc) is 2.92. The van der Waals surface area contributed by atoms with Gasteiger partial charge in [0.15, 0.2) is 0 Å². The molecule has 6 rings (SSSR count). The third kappa shape index (κ3) is 4.08. The van der Waals surface area contributed by atoms with Crippen molar-refractivity contribution >= 4 is 5.97 Å². The molecule has 5 aliphatic rings. The van der Waals surface area contributed by atoms with Crippen molar-refractivity contribution in [3.05, 3.63) is 52.5 Å². The maximum Gasteiger partial charge on any atom is 0.313 e. The van der Waals surface area contributed by atoms with Crippen molar-refractivity contribution in [1.29, 1.82) is 0 Å². The normalized spacial score (nSPS) is 44.2. The van der Waals surface area contributed by atoms with Crippen LogP contribution < -0.4 is 0 Å². The lowest BCUT2D eigenvalue weighted by atomic mass is 9.33. The molecule has 4 heteroatoms. The number of allylic oxidation sites excluding steroid dienone is 2. The Hall–Kier alpha value is -1.97. The van der Waals surface area contributed by atoms with E-state index in [-0.39, 0.29) is 45.0 Å². The Kier molecular flexibility index (Phi) is 6.76. The zero-order chi connectivity index (χ0) is 29.5. The minimum atomic E-state index is -0.407. The minimum absolute atomic E-state index is 0.0363. The lowest BCUT2D eigenvalue weighted by molar-refractivity contribution is -0.192. The van der Waals surface area contributed by atoms with Crippen LogP contribution in [0.4, 0.5) is 0 Å². The molecule has 0 heterocycles. The van der Waals surface area contributed by atoms with E-state index in [1.807, 2.05) is 30.3 Å². The van der Waals surface area contributed by atoms with Crippen LogP contribution in [0.1, 0.15) is 118 Å². The summed E-state index contributed by atoms with van der Waals surface area (Å²) in [5, 5.41) is 3.63. The van der Waals surface area contributed by atoms with Crippen LogP contribution in [0.5, 0.6) is 0 Å². The number of carbonyl (C=O) groups is 1. The molecule has 224 valence electrons. The third-order valence-electron chi connectivity index (χ3n) is 14.4. The summed E-state index contributed by atoms with van der Waals surface area (Å²) in [5.74, 6) is 1.40. The number of rotatable bonds is 4. The van der Waals surface area contributed by atoms with Gasteiger partial charge >= 0.3 is 5.97 Å². The van der Waals surface area contributed by atoms with Gasteiger partial charge in [-0.05, 0) is 115 Å². The molecule has 0 saturated heterocycles. The maximum atomic E-state index is 14.2. The lowest BCUT2D eigenvalue weighted by Gasteiger charge is -2.71. The van der Waals surface area contributed by atoms with Crippen LogP contribution in [-0.4, -0.2) is 12.0 Å². The third-order valence-corrected chi connectivity index (χ3v) is 14.4. The molecule has 0 amide bonds. The van der Waals surface area contributed by atoms with Gasteiger partial charge in [-0.3, -0.25) is 4.79 Å². The van der Waals surface area contributed by atoms with Crippen molar-refractivity contribution < 1.29 is 9.53 Å². The molecule has 4 nitrogen and oxygen atoms in total. The highest BCUT2D eigenvalue weighted by Crippen LogP contribution is 2.76. The largest absolute Gasteiger partial charge is 0.460 e. The predicted molar refractivity (Wildman–Crippen MR) is 165 cm³/mol. The summed E-state index contributed by atoms with van der Waals surface area (Å²) in [4.78, 5) is 26.0. The molecule has 0 N–H and O–H groups in total. The van der Waals surface area contributed by atoms with E-state index in [1.54, 1.807) is 5.57 Å². The van der Waals surface area contributed by atoms with Crippen molar-refractivity contribution in [2.24, 2.45) is 55.4 Å². The fourth-order valence-electron chi connectivity index (χ4n) is 11.7. The second kappa shape index (κ2) is 9.52. The van der Waals surface area contributed by atoms with Crippen molar-refractivity contribution in [3.63, 3.8) is 0 Å². The Bertz CT molecular complexity index is 1230. The minimum Gasteiger partial charge on any atom is -0.460 e. The van der Waals surface area contributed by atoms with Crippen LogP contribution in [0.15, 0.2) is 47.2 Å². The van der Waals surface area contributed by atoms with Gasteiger partial charge in [-0.2, -0.15) is 4.91 Å². The van der Waals surface area contributed by atoms with Crippen molar-refractivity contribution in [3.8, 4) is 0 Å². The van der Waals surface area contributed by atoms with E-state index in [0.29, 0.717) is 18.4 Å². The first-order valence-corrected chi connectivity index (χ1v) is 16.5. The van der Waals surface area contributed by atoms with Gasteiger partial charge in [0.05, 0.1) is 11.5 Å². The first-order valence-electron chi connectivity index (χ1n) is 16.5. The smallest absolute Gasteiger partial charge is 0.313 e. The van der Waals surface area contributed by atoms with E-state index in [1.165, 1.54) is 12.8 Å². The van der Waals surface area contributed by atoms with Gasteiger partial charge < -0.3 is 4.74 Å². The highest BCUT2D eigenvalue weighted by Gasteiger charge is 2.69. The van der Waals surface area contributed by atoms with Crippen molar-refractivity contribution in [2.75, 3.05) is 0 Å². The Labute approximate surface area is 248 Å².